The van der Waals surface area contributed by atoms with Gasteiger partial charge < -0.3 is 15.0 Å². The van der Waals surface area contributed by atoms with Crippen LogP contribution in [0.25, 0.3) is 6.08 Å². The molecule has 6 nitrogen and oxygen atoms in total. The second kappa shape index (κ2) is 8.94. The van der Waals surface area contributed by atoms with Gasteiger partial charge in [-0.1, -0.05) is 18.2 Å². The number of amides is 2. The first-order chi connectivity index (χ1) is 13.5. The molecule has 1 aliphatic heterocycles. The van der Waals surface area contributed by atoms with Gasteiger partial charge in [0.25, 0.3) is 5.91 Å². The summed E-state index contributed by atoms with van der Waals surface area (Å²) in [4.78, 5) is 37.0. The fourth-order valence-corrected chi connectivity index (χ4v) is 2.80. The van der Waals surface area contributed by atoms with E-state index in [1.54, 1.807) is 41.3 Å². The van der Waals surface area contributed by atoms with Crippen LogP contribution in [-0.4, -0.2) is 30.9 Å². The predicted octanol–water partition coefficient (Wildman–Crippen LogP) is 3.15. The van der Waals surface area contributed by atoms with Gasteiger partial charge in [0, 0.05) is 36.0 Å². The number of ether oxygens (including phenoxy) is 1. The fourth-order valence-electron chi connectivity index (χ4n) is 2.80. The van der Waals surface area contributed by atoms with Crippen LogP contribution in [0.1, 0.15) is 18.4 Å². The highest BCUT2D eigenvalue weighted by Gasteiger charge is 2.21. The van der Waals surface area contributed by atoms with Crippen LogP contribution in [0.4, 0.5) is 15.8 Å². The lowest BCUT2D eigenvalue weighted by molar-refractivity contribution is -0.142. The Morgan fingerprint density at radius 2 is 1.89 bits per heavy atom. The molecule has 1 N–H and O–H groups in total. The lowest BCUT2D eigenvalue weighted by Gasteiger charge is -2.16. The van der Waals surface area contributed by atoms with Crippen LogP contribution in [-0.2, 0) is 19.1 Å². The number of halogens is 1. The van der Waals surface area contributed by atoms with Gasteiger partial charge in [0.1, 0.15) is 5.82 Å². The van der Waals surface area contributed by atoms with Crippen molar-refractivity contribution in [3.63, 3.8) is 0 Å². The molecule has 0 saturated carbocycles. The van der Waals surface area contributed by atoms with Crippen molar-refractivity contribution < 1.29 is 23.5 Å². The van der Waals surface area contributed by atoms with Crippen molar-refractivity contribution in [1.29, 1.82) is 0 Å². The van der Waals surface area contributed by atoms with Gasteiger partial charge in [-0.05, 0) is 42.8 Å². The van der Waals surface area contributed by atoms with Gasteiger partial charge in [-0.2, -0.15) is 0 Å². The normalized spacial score (nSPS) is 13.8. The van der Waals surface area contributed by atoms with Crippen molar-refractivity contribution in [2.24, 2.45) is 0 Å². The van der Waals surface area contributed by atoms with Crippen LogP contribution in [0.5, 0.6) is 0 Å². The molecule has 0 aliphatic carbocycles. The minimum Gasteiger partial charge on any atom is -0.452 e. The first-order valence-corrected chi connectivity index (χ1v) is 8.82. The Labute approximate surface area is 161 Å². The number of benzene rings is 2. The topological polar surface area (TPSA) is 75.7 Å². The van der Waals surface area contributed by atoms with Crippen LogP contribution in [0.15, 0.2) is 54.6 Å². The highest BCUT2D eigenvalue weighted by atomic mass is 19.1. The number of rotatable bonds is 6. The number of carbonyl (C=O) groups excluding carboxylic acids is 3. The quantitative estimate of drug-likeness (QED) is 0.615. The summed E-state index contributed by atoms with van der Waals surface area (Å²) >= 11 is 0. The summed E-state index contributed by atoms with van der Waals surface area (Å²) in [5, 5.41) is 2.61. The van der Waals surface area contributed by atoms with Crippen LogP contribution in [0.3, 0.4) is 0 Å². The van der Waals surface area contributed by atoms with Crippen molar-refractivity contribution in [2.45, 2.75) is 12.8 Å². The number of nitrogens with zero attached hydrogens (tertiary/aromatic N) is 1. The largest absolute Gasteiger partial charge is 0.452 e. The molecule has 2 aromatic carbocycles. The van der Waals surface area contributed by atoms with Crippen LogP contribution >= 0.6 is 0 Å². The number of anilines is 2. The zero-order valence-corrected chi connectivity index (χ0v) is 15.1. The van der Waals surface area contributed by atoms with E-state index in [0.29, 0.717) is 18.7 Å². The summed E-state index contributed by atoms with van der Waals surface area (Å²) in [6.45, 7) is 0.230. The molecule has 0 radical (unpaired) electrons. The molecular formula is C21H19FN2O4. The summed E-state index contributed by atoms with van der Waals surface area (Å²) in [7, 11) is 0. The molecule has 0 spiro atoms. The molecule has 28 heavy (non-hydrogen) atoms. The molecule has 1 heterocycles. The monoisotopic (exact) mass is 382 g/mol. The summed E-state index contributed by atoms with van der Waals surface area (Å²) in [6.07, 6.45) is 3.74. The van der Waals surface area contributed by atoms with E-state index in [2.05, 4.69) is 5.32 Å². The molecule has 1 saturated heterocycles. The van der Waals surface area contributed by atoms with E-state index in [-0.39, 0.29) is 11.5 Å². The van der Waals surface area contributed by atoms with Gasteiger partial charge in [-0.3, -0.25) is 9.59 Å². The molecule has 7 heteroatoms. The molecule has 2 aromatic rings. The predicted molar refractivity (Wildman–Crippen MR) is 103 cm³/mol. The summed E-state index contributed by atoms with van der Waals surface area (Å²) in [5.41, 5.74) is 1.56. The fraction of sp³-hybridized carbons (Fsp3) is 0.190. The van der Waals surface area contributed by atoms with E-state index in [9.17, 15) is 18.8 Å². The molecule has 0 bridgehead atoms. The minimum atomic E-state index is -0.749. The van der Waals surface area contributed by atoms with Crippen molar-refractivity contribution in [2.75, 3.05) is 23.4 Å². The Kier molecular flexibility index (Phi) is 6.16. The molecular weight excluding hydrogens is 363 g/mol. The van der Waals surface area contributed by atoms with Gasteiger partial charge in [0.05, 0.1) is 0 Å². The molecule has 1 aliphatic rings. The van der Waals surface area contributed by atoms with Crippen molar-refractivity contribution in [1.82, 2.24) is 0 Å². The van der Waals surface area contributed by atoms with Crippen molar-refractivity contribution in [3.05, 3.63) is 66.0 Å². The minimum absolute atomic E-state index is 0.0899. The molecule has 0 unspecified atom stereocenters. The first kappa shape index (κ1) is 19.3. The van der Waals surface area contributed by atoms with Crippen molar-refractivity contribution in [3.8, 4) is 0 Å². The Balaban J connectivity index is 1.47. The number of esters is 1. The molecule has 2 amide bonds. The van der Waals surface area contributed by atoms with E-state index in [1.807, 2.05) is 0 Å². The zero-order chi connectivity index (χ0) is 19.9. The van der Waals surface area contributed by atoms with Gasteiger partial charge in [-0.25, -0.2) is 9.18 Å². The molecule has 3 rings (SSSR count). The van der Waals surface area contributed by atoms with Crippen molar-refractivity contribution >= 4 is 35.2 Å². The maximum atomic E-state index is 13.5. The molecule has 0 atom stereocenters. The average Bonchev–Trinajstić information content (AvgIpc) is 3.12. The van der Waals surface area contributed by atoms with Crippen LogP contribution in [0.2, 0.25) is 0 Å². The average molecular weight is 382 g/mol. The highest BCUT2D eigenvalue weighted by Crippen LogP contribution is 2.23. The van der Waals surface area contributed by atoms with E-state index in [4.69, 9.17) is 4.74 Å². The summed E-state index contributed by atoms with van der Waals surface area (Å²) < 4.78 is 18.3. The maximum absolute atomic E-state index is 13.5. The van der Waals surface area contributed by atoms with E-state index in [0.717, 1.165) is 18.2 Å². The maximum Gasteiger partial charge on any atom is 0.331 e. The van der Waals surface area contributed by atoms with Gasteiger partial charge in [0.15, 0.2) is 6.61 Å². The first-order valence-electron chi connectivity index (χ1n) is 8.82. The molecule has 144 valence electrons. The number of hydrogen-bond donors (Lipinski definition) is 1. The second-order valence-electron chi connectivity index (χ2n) is 6.21. The SMILES string of the molecule is O=C(COC(=O)/C=C/c1ccccc1F)Nc1ccc(N2CCCC2=O)cc1. The highest BCUT2D eigenvalue weighted by molar-refractivity contribution is 5.97. The van der Waals surface area contributed by atoms with Gasteiger partial charge in [0.2, 0.25) is 5.91 Å². The number of hydrogen-bond acceptors (Lipinski definition) is 4. The standard InChI is InChI=1S/C21H19FN2O4/c22-18-5-2-1-4-15(18)7-12-21(27)28-14-19(25)23-16-8-10-17(11-9-16)24-13-3-6-20(24)26/h1-2,4-5,7-12H,3,6,13-14H2,(H,23,25)/b12-7+. The molecule has 0 aromatic heterocycles. The third kappa shape index (κ3) is 5.03. The lowest BCUT2D eigenvalue weighted by atomic mass is 10.2. The van der Waals surface area contributed by atoms with E-state index >= 15 is 0 Å². The Hall–Kier alpha value is -3.48. The third-order valence-corrected chi connectivity index (χ3v) is 4.19. The Morgan fingerprint density at radius 1 is 1.14 bits per heavy atom. The number of nitrogens with one attached hydrogen (secondary N) is 1. The van der Waals surface area contributed by atoms with E-state index in [1.165, 1.54) is 18.2 Å². The lowest BCUT2D eigenvalue weighted by Crippen LogP contribution is -2.23. The van der Waals surface area contributed by atoms with Crippen LogP contribution in [0, 0.1) is 5.82 Å². The van der Waals surface area contributed by atoms with Crippen LogP contribution < -0.4 is 10.2 Å². The van der Waals surface area contributed by atoms with Gasteiger partial charge >= 0.3 is 5.97 Å². The van der Waals surface area contributed by atoms with Gasteiger partial charge in [-0.15, -0.1) is 0 Å². The Morgan fingerprint density at radius 3 is 2.57 bits per heavy atom. The summed E-state index contributed by atoms with van der Waals surface area (Å²) in [5.74, 6) is -1.62. The smallest absolute Gasteiger partial charge is 0.331 e. The molecule has 1 fully saturated rings. The number of carbonyl (C=O) groups is 3. The summed E-state index contributed by atoms with van der Waals surface area (Å²) in [6, 6.07) is 12.9. The second-order valence-corrected chi connectivity index (χ2v) is 6.21. The van der Waals surface area contributed by atoms with E-state index < -0.39 is 24.3 Å². The third-order valence-electron chi connectivity index (χ3n) is 4.19. The Bertz CT molecular complexity index is 909. The zero-order valence-electron chi connectivity index (χ0n) is 15.1.